The Labute approximate surface area is 112 Å². The van der Waals surface area contributed by atoms with E-state index in [1.165, 1.54) is 5.56 Å². The SMILES string of the molecule is Cc1cc(N2CCOCC2)c2c(c1)n(C)c(=O)n2C. The van der Waals surface area contributed by atoms with E-state index in [9.17, 15) is 4.79 Å². The molecule has 2 aromatic rings. The fraction of sp³-hybridized carbons (Fsp3) is 0.500. The fourth-order valence-electron chi connectivity index (χ4n) is 2.81. The maximum atomic E-state index is 12.1. The third-order valence-electron chi connectivity index (χ3n) is 3.84. The normalized spacial score (nSPS) is 16.3. The zero-order valence-electron chi connectivity index (χ0n) is 11.6. The Bertz CT molecular complexity index is 678. The summed E-state index contributed by atoms with van der Waals surface area (Å²) in [6, 6.07) is 4.23. The van der Waals surface area contributed by atoms with Crippen LogP contribution < -0.4 is 10.6 Å². The maximum Gasteiger partial charge on any atom is 0.328 e. The summed E-state index contributed by atoms with van der Waals surface area (Å²) in [5.41, 5.74) is 4.35. The van der Waals surface area contributed by atoms with Crippen molar-refractivity contribution in [2.75, 3.05) is 31.2 Å². The molecule has 1 aliphatic heterocycles. The average Bonchev–Trinajstić information content (AvgIpc) is 2.64. The van der Waals surface area contributed by atoms with Crippen molar-refractivity contribution in [3.05, 3.63) is 28.2 Å². The number of rotatable bonds is 1. The molecular weight excluding hydrogens is 242 g/mol. The first-order valence-corrected chi connectivity index (χ1v) is 6.58. The molecule has 0 radical (unpaired) electrons. The number of morpholine rings is 1. The summed E-state index contributed by atoms with van der Waals surface area (Å²) in [5.74, 6) is 0. The monoisotopic (exact) mass is 261 g/mol. The summed E-state index contributed by atoms with van der Waals surface area (Å²) >= 11 is 0. The van der Waals surface area contributed by atoms with Crippen molar-refractivity contribution < 1.29 is 4.74 Å². The van der Waals surface area contributed by atoms with Gasteiger partial charge in [0.05, 0.1) is 29.9 Å². The predicted molar refractivity (Wildman–Crippen MR) is 75.9 cm³/mol. The second kappa shape index (κ2) is 4.42. The highest BCUT2D eigenvalue weighted by molar-refractivity contribution is 5.90. The lowest BCUT2D eigenvalue weighted by Gasteiger charge is -2.29. The van der Waals surface area contributed by atoms with Gasteiger partial charge in [-0.2, -0.15) is 0 Å². The molecule has 1 fully saturated rings. The minimum absolute atomic E-state index is 0.0232. The zero-order chi connectivity index (χ0) is 13.6. The van der Waals surface area contributed by atoms with Gasteiger partial charge in [-0.3, -0.25) is 9.13 Å². The van der Waals surface area contributed by atoms with Crippen LogP contribution in [0.5, 0.6) is 0 Å². The Hall–Kier alpha value is -1.75. The van der Waals surface area contributed by atoms with Crippen molar-refractivity contribution in [1.29, 1.82) is 0 Å². The van der Waals surface area contributed by atoms with Crippen LogP contribution in [-0.4, -0.2) is 35.4 Å². The first-order chi connectivity index (χ1) is 9.09. The molecule has 3 rings (SSSR count). The fourth-order valence-corrected chi connectivity index (χ4v) is 2.81. The minimum Gasteiger partial charge on any atom is -0.378 e. The highest BCUT2D eigenvalue weighted by Crippen LogP contribution is 2.28. The number of anilines is 1. The van der Waals surface area contributed by atoms with Gasteiger partial charge >= 0.3 is 5.69 Å². The second-order valence-corrected chi connectivity index (χ2v) is 5.15. The molecule has 1 aromatic heterocycles. The topological polar surface area (TPSA) is 39.4 Å². The van der Waals surface area contributed by atoms with Gasteiger partial charge in [-0.1, -0.05) is 0 Å². The molecule has 5 heteroatoms. The number of hydrogen-bond acceptors (Lipinski definition) is 3. The number of aromatic nitrogens is 2. The molecule has 0 unspecified atom stereocenters. The van der Waals surface area contributed by atoms with E-state index in [0.717, 1.165) is 43.0 Å². The van der Waals surface area contributed by atoms with Crippen LogP contribution in [0, 0.1) is 6.92 Å². The Balaban J connectivity index is 2.28. The highest BCUT2D eigenvalue weighted by Gasteiger charge is 2.19. The average molecular weight is 261 g/mol. The van der Waals surface area contributed by atoms with Gasteiger partial charge in [-0.25, -0.2) is 4.79 Å². The quantitative estimate of drug-likeness (QED) is 0.769. The summed E-state index contributed by atoms with van der Waals surface area (Å²) in [5, 5.41) is 0. The molecule has 1 aromatic carbocycles. The van der Waals surface area contributed by atoms with Crippen LogP contribution in [0.25, 0.3) is 11.0 Å². The van der Waals surface area contributed by atoms with Crippen molar-refractivity contribution in [2.24, 2.45) is 14.1 Å². The summed E-state index contributed by atoms with van der Waals surface area (Å²) in [6.07, 6.45) is 0. The van der Waals surface area contributed by atoms with Crippen molar-refractivity contribution in [3.8, 4) is 0 Å². The lowest BCUT2D eigenvalue weighted by Crippen LogP contribution is -2.36. The molecule has 0 N–H and O–H groups in total. The largest absolute Gasteiger partial charge is 0.378 e. The molecule has 0 spiro atoms. The van der Waals surface area contributed by atoms with E-state index < -0.39 is 0 Å². The van der Waals surface area contributed by atoms with Crippen LogP contribution in [0.15, 0.2) is 16.9 Å². The second-order valence-electron chi connectivity index (χ2n) is 5.15. The van der Waals surface area contributed by atoms with E-state index in [2.05, 4.69) is 24.0 Å². The van der Waals surface area contributed by atoms with Crippen LogP contribution in [0.2, 0.25) is 0 Å². The smallest absolute Gasteiger partial charge is 0.328 e. The molecule has 0 atom stereocenters. The van der Waals surface area contributed by atoms with Gasteiger partial charge in [0.2, 0.25) is 0 Å². The molecule has 1 saturated heterocycles. The summed E-state index contributed by atoms with van der Waals surface area (Å²) in [7, 11) is 3.66. The summed E-state index contributed by atoms with van der Waals surface area (Å²) in [4.78, 5) is 14.4. The summed E-state index contributed by atoms with van der Waals surface area (Å²) < 4.78 is 8.86. The van der Waals surface area contributed by atoms with Crippen LogP contribution in [-0.2, 0) is 18.8 Å². The third-order valence-corrected chi connectivity index (χ3v) is 3.84. The maximum absolute atomic E-state index is 12.1. The Kier molecular flexibility index (Phi) is 2.86. The molecule has 5 nitrogen and oxygen atoms in total. The van der Waals surface area contributed by atoms with Gasteiger partial charge < -0.3 is 9.64 Å². The number of nitrogens with zero attached hydrogens (tertiary/aromatic N) is 3. The van der Waals surface area contributed by atoms with E-state index >= 15 is 0 Å². The van der Waals surface area contributed by atoms with Crippen LogP contribution in [0.4, 0.5) is 5.69 Å². The van der Waals surface area contributed by atoms with E-state index in [0.29, 0.717) is 0 Å². The van der Waals surface area contributed by atoms with E-state index in [1.807, 2.05) is 14.1 Å². The van der Waals surface area contributed by atoms with Gasteiger partial charge in [0, 0.05) is 27.2 Å². The minimum atomic E-state index is 0.0232. The summed E-state index contributed by atoms with van der Waals surface area (Å²) in [6.45, 7) is 5.32. The van der Waals surface area contributed by atoms with E-state index in [4.69, 9.17) is 4.74 Å². The molecule has 102 valence electrons. The first kappa shape index (κ1) is 12.3. The lowest BCUT2D eigenvalue weighted by molar-refractivity contribution is 0.123. The predicted octanol–water partition coefficient (Wildman–Crippen LogP) is 1.02. The van der Waals surface area contributed by atoms with Gasteiger partial charge in [0.25, 0.3) is 0 Å². The van der Waals surface area contributed by atoms with Gasteiger partial charge in [0.1, 0.15) is 0 Å². The zero-order valence-corrected chi connectivity index (χ0v) is 11.6. The van der Waals surface area contributed by atoms with E-state index in [1.54, 1.807) is 9.13 Å². The van der Waals surface area contributed by atoms with Crippen molar-refractivity contribution in [3.63, 3.8) is 0 Å². The third kappa shape index (κ3) is 1.85. The molecule has 2 heterocycles. The van der Waals surface area contributed by atoms with Gasteiger partial charge in [0.15, 0.2) is 0 Å². The van der Waals surface area contributed by atoms with Crippen molar-refractivity contribution >= 4 is 16.7 Å². The van der Waals surface area contributed by atoms with Crippen molar-refractivity contribution in [2.45, 2.75) is 6.92 Å². The molecule has 0 saturated carbocycles. The van der Waals surface area contributed by atoms with Crippen LogP contribution in [0.3, 0.4) is 0 Å². The number of benzene rings is 1. The van der Waals surface area contributed by atoms with E-state index in [-0.39, 0.29) is 5.69 Å². The van der Waals surface area contributed by atoms with Crippen LogP contribution in [0.1, 0.15) is 5.56 Å². The molecular formula is C14H19N3O2. The number of fused-ring (bicyclic) bond motifs is 1. The van der Waals surface area contributed by atoms with Crippen LogP contribution >= 0.6 is 0 Å². The Morgan fingerprint density at radius 3 is 2.47 bits per heavy atom. The molecule has 0 bridgehead atoms. The highest BCUT2D eigenvalue weighted by atomic mass is 16.5. The Morgan fingerprint density at radius 2 is 1.79 bits per heavy atom. The molecule has 0 aliphatic carbocycles. The number of ether oxygens (including phenoxy) is 1. The van der Waals surface area contributed by atoms with Gasteiger partial charge in [-0.05, 0) is 24.6 Å². The first-order valence-electron chi connectivity index (χ1n) is 6.58. The number of imidazole rings is 1. The van der Waals surface area contributed by atoms with Gasteiger partial charge in [-0.15, -0.1) is 0 Å². The number of hydrogen-bond donors (Lipinski definition) is 0. The molecule has 0 amide bonds. The van der Waals surface area contributed by atoms with Crippen molar-refractivity contribution in [1.82, 2.24) is 9.13 Å². The molecule has 1 aliphatic rings. The number of aryl methyl sites for hydroxylation is 3. The lowest BCUT2D eigenvalue weighted by atomic mass is 10.1. The molecule has 19 heavy (non-hydrogen) atoms. The standard InChI is InChI=1S/C14H19N3O2/c1-10-8-11-13(16(3)14(18)15(11)2)12(9-10)17-4-6-19-7-5-17/h8-9H,4-7H2,1-3H3. The Morgan fingerprint density at radius 1 is 1.11 bits per heavy atom.